The Morgan fingerprint density at radius 2 is 1.96 bits per heavy atom. The number of imidazole rings is 1. The number of methoxy groups -OCH3 is 1. The number of hydrogen-bond donors (Lipinski definition) is 1. The van der Waals surface area contributed by atoms with Gasteiger partial charge in [0.05, 0.1) is 13.5 Å². The molecule has 140 valence electrons. The molecule has 0 aliphatic carbocycles. The molecule has 0 aliphatic heterocycles. The van der Waals surface area contributed by atoms with Gasteiger partial charge in [0.2, 0.25) is 5.91 Å². The lowest BCUT2D eigenvalue weighted by Crippen LogP contribution is -2.32. The zero-order chi connectivity index (χ0) is 19.4. The highest BCUT2D eigenvalue weighted by atomic mass is 19.1. The molecule has 7 heteroatoms. The summed E-state index contributed by atoms with van der Waals surface area (Å²) >= 11 is 0. The quantitative estimate of drug-likeness (QED) is 0.724. The van der Waals surface area contributed by atoms with Crippen molar-refractivity contribution in [3.8, 4) is 5.75 Å². The van der Waals surface area contributed by atoms with E-state index in [9.17, 15) is 13.6 Å². The van der Waals surface area contributed by atoms with Crippen LogP contribution in [0.1, 0.15) is 23.0 Å². The van der Waals surface area contributed by atoms with E-state index < -0.39 is 11.9 Å². The molecular weight excluding hydrogens is 352 g/mol. The zero-order valence-electron chi connectivity index (χ0n) is 14.9. The van der Waals surface area contributed by atoms with E-state index in [1.165, 1.54) is 31.4 Å². The predicted octanol–water partition coefficient (Wildman–Crippen LogP) is 3.16. The van der Waals surface area contributed by atoms with Gasteiger partial charge in [-0.15, -0.1) is 0 Å². The molecule has 0 saturated heterocycles. The minimum Gasteiger partial charge on any atom is -0.494 e. The van der Waals surface area contributed by atoms with E-state index in [2.05, 4.69) is 10.3 Å². The molecule has 3 rings (SSSR count). The Hall–Kier alpha value is -3.22. The summed E-state index contributed by atoms with van der Waals surface area (Å²) in [4.78, 5) is 16.8. The topological polar surface area (TPSA) is 56.1 Å². The highest BCUT2D eigenvalue weighted by Crippen LogP contribution is 2.22. The Bertz CT molecular complexity index is 939. The van der Waals surface area contributed by atoms with Gasteiger partial charge in [-0.05, 0) is 35.4 Å². The predicted molar refractivity (Wildman–Crippen MR) is 96.2 cm³/mol. The van der Waals surface area contributed by atoms with Crippen molar-refractivity contribution in [1.82, 2.24) is 14.9 Å². The van der Waals surface area contributed by atoms with Gasteiger partial charge in [0.1, 0.15) is 17.7 Å². The molecule has 27 heavy (non-hydrogen) atoms. The summed E-state index contributed by atoms with van der Waals surface area (Å²) in [7, 11) is 3.19. The van der Waals surface area contributed by atoms with Crippen molar-refractivity contribution in [2.45, 2.75) is 12.5 Å². The maximum absolute atomic E-state index is 13.8. The number of hydrogen-bond acceptors (Lipinski definition) is 3. The van der Waals surface area contributed by atoms with Crippen LogP contribution < -0.4 is 10.1 Å². The number of benzene rings is 2. The summed E-state index contributed by atoms with van der Waals surface area (Å²) in [6.07, 6.45) is 3.37. The van der Waals surface area contributed by atoms with Crippen molar-refractivity contribution in [2.75, 3.05) is 7.11 Å². The van der Waals surface area contributed by atoms with E-state index in [4.69, 9.17) is 4.74 Å². The number of halogens is 2. The minimum atomic E-state index is -0.554. The Labute approximate surface area is 155 Å². The van der Waals surface area contributed by atoms with Crippen molar-refractivity contribution in [1.29, 1.82) is 0 Å². The summed E-state index contributed by atoms with van der Waals surface area (Å²) in [5.41, 5.74) is 1.21. The second kappa shape index (κ2) is 7.99. The van der Waals surface area contributed by atoms with Crippen LogP contribution in [-0.2, 0) is 18.3 Å². The van der Waals surface area contributed by atoms with Gasteiger partial charge in [0, 0.05) is 19.4 Å². The second-order valence-electron chi connectivity index (χ2n) is 6.09. The van der Waals surface area contributed by atoms with Gasteiger partial charge in [-0.3, -0.25) is 4.79 Å². The first-order chi connectivity index (χ1) is 13.0. The van der Waals surface area contributed by atoms with Crippen LogP contribution in [0.2, 0.25) is 0 Å². The molecule has 1 amide bonds. The third kappa shape index (κ3) is 4.31. The summed E-state index contributed by atoms with van der Waals surface area (Å²) in [5, 5.41) is 2.89. The van der Waals surface area contributed by atoms with Crippen LogP contribution in [0, 0.1) is 11.6 Å². The summed E-state index contributed by atoms with van der Waals surface area (Å²) in [6.45, 7) is 0. The Morgan fingerprint density at radius 3 is 2.56 bits per heavy atom. The molecule has 0 fully saturated rings. The van der Waals surface area contributed by atoms with Crippen LogP contribution in [0.5, 0.6) is 5.75 Å². The Kier molecular flexibility index (Phi) is 5.49. The molecule has 0 radical (unpaired) electrons. The van der Waals surface area contributed by atoms with Crippen molar-refractivity contribution in [2.24, 2.45) is 7.05 Å². The van der Waals surface area contributed by atoms with Crippen molar-refractivity contribution >= 4 is 5.91 Å². The van der Waals surface area contributed by atoms with Gasteiger partial charge in [-0.2, -0.15) is 0 Å². The van der Waals surface area contributed by atoms with Gasteiger partial charge in [-0.1, -0.05) is 18.2 Å². The van der Waals surface area contributed by atoms with Gasteiger partial charge < -0.3 is 14.6 Å². The standard InChI is InChI=1S/C20H19F2N3O2/c1-25-10-9-23-20(25)19(14-4-6-15(21)7-5-14)24-18(26)12-13-3-8-17(27-2)16(22)11-13/h3-11,19H,12H2,1-2H3,(H,24,26). The van der Waals surface area contributed by atoms with Crippen LogP contribution in [-0.4, -0.2) is 22.6 Å². The lowest BCUT2D eigenvalue weighted by molar-refractivity contribution is -0.121. The van der Waals surface area contributed by atoms with E-state index in [1.807, 2.05) is 7.05 Å². The molecule has 1 N–H and O–H groups in total. The van der Waals surface area contributed by atoms with Crippen molar-refractivity contribution in [3.63, 3.8) is 0 Å². The van der Waals surface area contributed by atoms with E-state index >= 15 is 0 Å². The molecule has 1 atom stereocenters. The molecule has 2 aromatic carbocycles. The maximum atomic E-state index is 13.8. The largest absolute Gasteiger partial charge is 0.494 e. The molecular formula is C20H19F2N3O2. The van der Waals surface area contributed by atoms with E-state index in [0.29, 0.717) is 17.0 Å². The third-order valence-corrected chi connectivity index (χ3v) is 4.21. The number of aromatic nitrogens is 2. The first-order valence-corrected chi connectivity index (χ1v) is 8.32. The number of aryl methyl sites for hydroxylation is 1. The SMILES string of the molecule is COc1ccc(CC(=O)NC(c2ccc(F)cc2)c2nccn2C)cc1F. The van der Waals surface area contributed by atoms with Gasteiger partial charge >= 0.3 is 0 Å². The lowest BCUT2D eigenvalue weighted by atomic mass is 10.0. The number of ether oxygens (including phenoxy) is 1. The Morgan fingerprint density at radius 1 is 1.22 bits per heavy atom. The number of nitrogens with zero attached hydrogens (tertiary/aromatic N) is 2. The van der Waals surface area contributed by atoms with Crippen LogP contribution >= 0.6 is 0 Å². The summed E-state index contributed by atoms with van der Waals surface area (Å²) < 4.78 is 33.8. The minimum absolute atomic E-state index is 0.0109. The summed E-state index contributed by atoms with van der Waals surface area (Å²) in [6, 6.07) is 9.69. The number of rotatable bonds is 6. The van der Waals surface area contributed by atoms with E-state index in [0.717, 1.165) is 0 Å². The first-order valence-electron chi connectivity index (χ1n) is 8.32. The fourth-order valence-electron chi connectivity index (χ4n) is 2.82. The van der Waals surface area contributed by atoms with Gasteiger partial charge in [-0.25, -0.2) is 13.8 Å². The Balaban J connectivity index is 1.81. The van der Waals surface area contributed by atoms with Crippen LogP contribution in [0.15, 0.2) is 54.9 Å². The van der Waals surface area contributed by atoms with Gasteiger partial charge in [0.25, 0.3) is 0 Å². The van der Waals surface area contributed by atoms with Crippen LogP contribution in [0.4, 0.5) is 8.78 Å². The molecule has 1 aromatic heterocycles. The fraction of sp³-hybridized carbons (Fsp3) is 0.200. The lowest BCUT2D eigenvalue weighted by Gasteiger charge is -2.19. The number of nitrogens with one attached hydrogen (secondary N) is 1. The molecule has 0 spiro atoms. The monoisotopic (exact) mass is 371 g/mol. The smallest absolute Gasteiger partial charge is 0.225 e. The highest BCUT2D eigenvalue weighted by Gasteiger charge is 2.21. The van der Waals surface area contributed by atoms with Gasteiger partial charge in [0.15, 0.2) is 11.6 Å². The second-order valence-corrected chi connectivity index (χ2v) is 6.09. The molecule has 3 aromatic rings. The van der Waals surface area contributed by atoms with E-state index in [1.54, 1.807) is 35.2 Å². The average Bonchev–Trinajstić information content (AvgIpc) is 3.06. The molecule has 1 heterocycles. The molecule has 0 aliphatic rings. The highest BCUT2D eigenvalue weighted by molar-refractivity contribution is 5.79. The number of carbonyl (C=O) groups excluding carboxylic acids is 1. The third-order valence-electron chi connectivity index (χ3n) is 4.21. The van der Waals surface area contributed by atoms with E-state index in [-0.39, 0.29) is 23.9 Å². The number of carbonyl (C=O) groups is 1. The molecule has 0 bridgehead atoms. The first kappa shape index (κ1) is 18.6. The summed E-state index contributed by atoms with van der Waals surface area (Å²) in [5.74, 6) is -0.469. The van der Waals surface area contributed by atoms with Crippen LogP contribution in [0.25, 0.3) is 0 Å². The molecule has 0 saturated carbocycles. The number of amides is 1. The van der Waals surface area contributed by atoms with Crippen molar-refractivity contribution in [3.05, 3.63) is 83.4 Å². The fourth-order valence-corrected chi connectivity index (χ4v) is 2.82. The normalized spacial score (nSPS) is 11.9. The maximum Gasteiger partial charge on any atom is 0.225 e. The molecule has 5 nitrogen and oxygen atoms in total. The van der Waals surface area contributed by atoms with Crippen LogP contribution in [0.3, 0.4) is 0 Å². The van der Waals surface area contributed by atoms with Crippen molar-refractivity contribution < 1.29 is 18.3 Å². The average molecular weight is 371 g/mol. The zero-order valence-corrected chi connectivity index (χ0v) is 14.9. The molecule has 1 unspecified atom stereocenters.